The normalized spacial score (nSPS) is 19.3. The van der Waals surface area contributed by atoms with Gasteiger partial charge >= 0.3 is 5.97 Å². The summed E-state index contributed by atoms with van der Waals surface area (Å²) in [5, 5.41) is 9.21. The Morgan fingerprint density at radius 3 is 2.28 bits per heavy atom. The summed E-state index contributed by atoms with van der Waals surface area (Å²) in [4.78, 5) is 25.1. The second-order valence-electron chi connectivity index (χ2n) is 5.18. The summed E-state index contributed by atoms with van der Waals surface area (Å²) in [6.07, 6.45) is 0.857. The fourth-order valence-electron chi connectivity index (χ4n) is 2.13. The molecule has 0 aromatic carbocycles. The lowest BCUT2D eigenvalue weighted by atomic mass is 9.87. The zero-order chi connectivity index (χ0) is 14.0. The van der Waals surface area contributed by atoms with Gasteiger partial charge in [-0.3, -0.25) is 4.79 Å². The average molecular weight is 258 g/mol. The molecule has 1 aliphatic heterocycles. The van der Waals surface area contributed by atoms with Crippen LogP contribution in [0.5, 0.6) is 0 Å². The van der Waals surface area contributed by atoms with Crippen molar-refractivity contribution in [3.8, 4) is 0 Å². The van der Waals surface area contributed by atoms with Crippen LogP contribution in [0, 0.1) is 0 Å². The van der Waals surface area contributed by atoms with Crippen molar-refractivity contribution in [1.82, 2.24) is 4.90 Å². The first kappa shape index (κ1) is 14.9. The van der Waals surface area contributed by atoms with Gasteiger partial charge in [0.25, 0.3) is 0 Å². The number of aliphatic carboxylic acids is 1. The summed E-state index contributed by atoms with van der Waals surface area (Å²) in [5.41, 5.74) is 3.86. The van der Waals surface area contributed by atoms with E-state index in [2.05, 4.69) is 0 Å². The number of carbonyl (C=O) groups excluding carboxylic acids is 1. The minimum Gasteiger partial charge on any atom is -0.480 e. The molecule has 1 rings (SSSR count). The minimum atomic E-state index is -1.25. The molecule has 1 aliphatic rings. The van der Waals surface area contributed by atoms with E-state index < -0.39 is 17.0 Å². The Balaban J connectivity index is 2.95. The Bertz CT molecular complexity index is 335. The number of nitrogens with two attached hydrogens (primary N) is 1. The van der Waals surface area contributed by atoms with Crippen molar-refractivity contribution in [3.05, 3.63) is 0 Å². The van der Waals surface area contributed by atoms with E-state index >= 15 is 0 Å². The quantitative estimate of drug-likeness (QED) is 0.751. The molecule has 0 aromatic heterocycles. The molecule has 1 heterocycles. The van der Waals surface area contributed by atoms with Gasteiger partial charge in [-0.1, -0.05) is 0 Å². The van der Waals surface area contributed by atoms with Crippen molar-refractivity contribution in [2.24, 2.45) is 5.73 Å². The lowest BCUT2D eigenvalue weighted by molar-refractivity contribution is -0.160. The monoisotopic (exact) mass is 258 g/mol. The molecule has 0 atom stereocenters. The van der Waals surface area contributed by atoms with Crippen LogP contribution in [0.2, 0.25) is 0 Å². The second-order valence-corrected chi connectivity index (χ2v) is 5.18. The first-order valence-electron chi connectivity index (χ1n) is 6.18. The maximum Gasteiger partial charge on any atom is 0.329 e. The number of carboxylic acids is 1. The second kappa shape index (κ2) is 5.24. The molecule has 0 spiro atoms. The van der Waals surface area contributed by atoms with Crippen molar-refractivity contribution in [3.63, 3.8) is 0 Å². The van der Waals surface area contributed by atoms with Crippen LogP contribution in [-0.2, 0) is 14.3 Å². The minimum absolute atomic E-state index is 0.305. The van der Waals surface area contributed by atoms with E-state index in [1.807, 2.05) is 0 Å². The summed E-state index contributed by atoms with van der Waals surface area (Å²) in [6.45, 7) is 5.97. The number of rotatable bonds is 4. The van der Waals surface area contributed by atoms with Crippen LogP contribution in [0.4, 0.5) is 0 Å². The van der Waals surface area contributed by atoms with Gasteiger partial charge in [-0.25, -0.2) is 4.79 Å². The number of carbonyl (C=O) groups is 2. The van der Waals surface area contributed by atoms with E-state index in [1.165, 1.54) is 18.7 Å². The molecule has 0 radical (unpaired) electrons. The fraction of sp³-hybridized carbons (Fsp3) is 0.833. The predicted octanol–water partition coefficient (Wildman–Crippen LogP) is 0.206. The van der Waals surface area contributed by atoms with Crippen LogP contribution in [0.25, 0.3) is 0 Å². The largest absolute Gasteiger partial charge is 0.480 e. The molecule has 0 unspecified atom stereocenters. The van der Waals surface area contributed by atoms with Gasteiger partial charge in [0.1, 0.15) is 5.54 Å². The Labute approximate surface area is 107 Å². The maximum absolute atomic E-state index is 12.5. The van der Waals surface area contributed by atoms with Crippen LogP contribution >= 0.6 is 0 Å². The van der Waals surface area contributed by atoms with E-state index in [1.54, 1.807) is 6.92 Å². The molecule has 1 saturated heterocycles. The van der Waals surface area contributed by atoms with Crippen molar-refractivity contribution >= 4 is 11.9 Å². The molecule has 1 amide bonds. The highest BCUT2D eigenvalue weighted by molar-refractivity contribution is 5.91. The van der Waals surface area contributed by atoms with Crippen LogP contribution in [0.1, 0.15) is 33.6 Å². The van der Waals surface area contributed by atoms with Gasteiger partial charge in [0, 0.05) is 19.8 Å². The number of amides is 1. The number of nitrogens with zero attached hydrogens (tertiary/aromatic N) is 1. The van der Waals surface area contributed by atoms with Crippen LogP contribution in [0.3, 0.4) is 0 Å². The third-order valence-electron chi connectivity index (χ3n) is 3.57. The Morgan fingerprint density at radius 2 is 1.89 bits per heavy atom. The summed E-state index contributed by atoms with van der Waals surface area (Å²) in [6, 6.07) is 0. The summed E-state index contributed by atoms with van der Waals surface area (Å²) in [7, 11) is 0. The zero-order valence-corrected chi connectivity index (χ0v) is 11.2. The Hall–Kier alpha value is -1.14. The molecular formula is C12H22N2O4. The van der Waals surface area contributed by atoms with E-state index in [0.717, 1.165) is 0 Å². The first-order valence-corrected chi connectivity index (χ1v) is 6.18. The van der Waals surface area contributed by atoms with Crippen molar-refractivity contribution in [2.75, 3.05) is 19.8 Å². The molecular weight excluding hydrogens is 236 g/mol. The third-order valence-corrected chi connectivity index (χ3v) is 3.57. The molecule has 1 fully saturated rings. The number of ether oxygens (including phenoxy) is 1. The van der Waals surface area contributed by atoms with Gasteiger partial charge in [-0.2, -0.15) is 0 Å². The third kappa shape index (κ3) is 2.64. The molecule has 104 valence electrons. The smallest absolute Gasteiger partial charge is 0.329 e. The number of carboxylic acid groups (broad SMARTS) is 1. The van der Waals surface area contributed by atoms with Gasteiger partial charge < -0.3 is 20.5 Å². The molecule has 0 aliphatic carbocycles. The van der Waals surface area contributed by atoms with Crippen molar-refractivity contribution in [2.45, 2.75) is 44.7 Å². The fourth-order valence-corrected chi connectivity index (χ4v) is 2.13. The summed E-state index contributed by atoms with van der Waals surface area (Å²) in [5.74, 6) is -1.34. The van der Waals surface area contributed by atoms with E-state index in [9.17, 15) is 14.7 Å². The zero-order valence-electron chi connectivity index (χ0n) is 11.2. The molecule has 6 heteroatoms. The highest BCUT2D eigenvalue weighted by Gasteiger charge is 2.45. The van der Waals surface area contributed by atoms with Crippen LogP contribution < -0.4 is 5.73 Å². The lowest BCUT2D eigenvalue weighted by Gasteiger charge is -2.41. The SMILES string of the molecule is CCN(C(=O)C1(N)CCOCC1)C(C)(C)C(=O)O. The Kier molecular flexibility index (Phi) is 4.34. The number of likely N-dealkylation sites (N-methyl/N-ethyl adjacent to an activating group) is 1. The van der Waals surface area contributed by atoms with Crippen LogP contribution in [-0.4, -0.2) is 52.7 Å². The van der Waals surface area contributed by atoms with Crippen molar-refractivity contribution < 1.29 is 19.4 Å². The van der Waals surface area contributed by atoms with Gasteiger partial charge in [0.2, 0.25) is 5.91 Å². The summed E-state index contributed by atoms with van der Waals surface area (Å²) < 4.78 is 5.19. The molecule has 0 aromatic rings. The highest BCUT2D eigenvalue weighted by Crippen LogP contribution is 2.25. The first-order chi connectivity index (χ1) is 8.25. The highest BCUT2D eigenvalue weighted by atomic mass is 16.5. The van der Waals surface area contributed by atoms with Gasteiger partial charge in [0.15, 0.2) is 0 Å². The lowest BCUT2D eigenvalue weighted by Crippen LogP contribution is -2.64. The van der Waals surface area contributed by atoms with Crippen molar-refractivity contribution in [1.29, 1.82) is 0 Å². The molecule has 3 N–H and O–H groups in total. The molecule has 0 saturated carbocycles. The molecule has 6 nitrogen and oxygen atoms in total. The molecule has 18 heavy (non-hydrogen) atoms. The maximum atomic E-state index is 12.5. The van der Waals surface area contributed by atoms with E-state index in [0.29, 0.717) is 32.6 Å². The topological polar surface area (TPSA) is 92.9 Å². The Morgan fingerprint density at radius 1 is 1.39 bits per heavy atom. The average Bonchev–Trinajstić information content (AvgIpc) is 2.30. The standard InChI is InChI=1S/C12H22N2O4/c1-4-14(11(2,3)10(16)17)9(15)12(13)5-7-18-8-6-12/h4-8,13H2,1-3H3,(H,16,17). The number of hydrogen-bond acceptors (Lipinski definition) is 4. The van der Waals surface area contributed by atoms with Gasteiger partial charge in [-0.15, -0.1) is 0 Å². The van der Waals surface area contributed by atoms with Gasteiger partial charge in [-0.05, 0) is 33.6 Å². The van der Waals surface area contributed by atoms with E-state index in [-0.39, 0.29) is 5.91 Å². The molecule has 0 bridgehead atoms. The van der Waals surface area contributed by atoms with Crippen LogP contribution in [0.15, 0.2) is 0 Å². The van der Waals surface area contributed by atoms with Gasteiger partial charge in [0.05, 0.1) is 5.54 Å². The predicted molar refractivity (Wildman–Crippen MR) is 66.1 cm³/mol. The van der Waals surface area contributed by atoms with E-state index in [4.69, 9.17) is 10.5 Å². The number of hydrogen-bond donors (Lipinski definition) is 2. The summed E-state index contributed by atoms with van der Waals surface area (Å²) >= 11 is 0.